The summed E-state index contributed by atoms with van der Waals surface area (Å²) in [6.45, 7) is 4.81. The zero-order valence-electron chi connectivity index (χ0n) is 73.1. The number of fused-ring (bicyclic) bond motifs is 3. The molecule has 129 heavy (non-hydrogen) atoms. The molecule has 0 radical (unpaired) electrons. The molecule has 22 bridgehead atoms. The summed E-state index contributed by atoms with van der Waals surface area (Å²) in [5, 5.41) is 9.93. The van der Waals surface area contributed by atoms with Gasteiger partial charge in [-0.15, -0.1) is 0 Å². The number of ketones is 3. The Bertz CT molecular complexity index is 4410. The third-order valence-corrected chi connectivity index (χ3v) is 34.4. The van der Waals surface area contributed by atoms with Crippen molar-refractivity contribution in [3.05, 3.63) is 0 Å². The van der Waals surface area contributed by atoms with E-state index in [-0.39, 0.29) is 64.7 Å². The summed E-state index contributed by atoms with van der Waals surface area (Å²) in [7, 11) is -2.70. The molecule has 1 N–H and O–H groups in total. The van der Waals surface area contributed by atoms with Gasteiger partial charge in [-0.25, -0.2) is 24.0 Å². The number of rotatable bonds is 19. The highest BCUT2D eigenvalue weighted by atomic mass is 32.2. The van der Waals surface area contributed by atoms with Crippen molar-refractivity contribution in [1.82, 2.24) is 0 Å². The van der Waals surface area contributed by atoms with Gasteiger partial charge < -0.3 is 52.5 Å². The van der Waals surface area contributed by atoms with Gasteiger partial charge in [0.1, 0.15) is 66.8 Å². The van der Waals surface area contributed by atoms with E-state index in [1.165, 1.54) is 25.7 Å². The van der Waals surface area contributed by atoms with E-state index in [4.69, 9.17) is 46.8 Å². The van der Waals surface area contributed by atoms with E-state index in [0.29, 0.717) is 147 Å². The highest BCUT2D eigenvalue weighted by Gasteiger charge is 2.73. The number of carbonyl (C=O) groups is 11. The largest absolute Gasteiger partial charge is 0.465 e. The minimum Gasteiger partial charge on any atom is -0.465 e. The Morgan fingerprint density at radius 1 is 0.411 bits per heavy atom. The predicted octanol–water partition coefficient (Wildman–Crippen LogP) is 13.6. The van der Waals surface area contributed by atoms with Gasteiger partial charge in [-0.3, -0.25) is 33.0 Å². The SMILES string of the molecule is CC(F)(F)C(=O)COC12CC3CC(CC(C3)C1)C2.CC(F)(F)C(=O)COC12CC3CC(CC(O)(C3)C1)C2.CC(F)(F)C(=O)OC12CC3CC(C1)C(=O)C(C3)C2.CC(F)(F)C(=O)OC1C2CC3C(=O)OC1C3C2.CC(F)(F)C(=O)OC1C2CC3C1OC(=O)C3C2C(=O)OC1(C)C2CC3CC(C2)CC1C3.CC(F)(F)C(=O)OC1C2CC3C1OS(=O)(=O)C3C2.COC(=O)C(C)(F)F. The Kier molecular flexibility index (Phi) is 25.5. The number of carbonyl (C=O) groups excluding carboxylic acids is 11. The fraction of sp³-hybridized carbons (Fsp3) is 0.876. The number of methoxy groups -OCH3 is 1. The van der Waals surface area contributed by atoms with E-state index in [1.54, 1.807) is 0 Å². The second-order valence-corrected chi connectivity index (χ2v) is 44.6. The number of aliphatic hydroxyl groups is 1. The van der Waals surface area contributed by atoms with Gasteiger partial charge in [0.15, 0.2) is 0 Å². The number of esters is 8. The molecule has 3 aliphatic heterocycles. The van der Waals surface area contributed by atoms with Crippen molar-refractivity contribution in [3.8, 4) is 0 Å². The smallest absolute Gasteiger partial charge is 0.377 e. The normalized spacial score (nSPS) is 43.1. The predicted molar refractivity (Wildman–Crippen MR) is 412 cm³/mol. The van der Waals surface area contributed by atoms with Gasteiger partial charge in [0.25, 0.3) is 10.1 Å². The average molecular weight is 1880 g/mol. The number of hydrogen-bond acceptors (Lipinski definition) is 25. The third-order valence-electron chi connectivity index (χ3n) is 32.6. The Hall–Kier alpha value is -6.42. The summed E-state index contributed by atoms with van der Waals surface area (Å²) < 4.78 is 258. The maximum atomic E-state index is 13.5. The zero-order valence-corrected chi connectivity index (χ0v) is 73.9. The minimum atomic E-state index is -3.65. The molecule has 0 aromatic rings. The fourth-order valence-corrected chi connectivity index (χ4v) is 30.2. The van der Waals surface area contributed by atoms with Gasteiger partial charge in [-0.05, 0) is 233 Å². The summed E-state index contributed by atoms with van der Waals surface area (Å²) >= 11 is 0. The molecule has 25 rings (SSSR count). The molecule has 0 aromatic heterocycles. The molecule has 0 aromatic carbocycles. The molecule has 0 spiro atoms. The Morgan fingerprint density at radius 2 is 0.822 bits per heavy atom. The second kappa shape index (κ2) is 33.8. The molecule has 25 nitrogen and oxygen atoms in total. The molecule has 25 aliphatic rings. The van der Waals surface area contributed by atoms with Crippen LogP contribution >= 0.6 is 0 Å². The molecule has 3 saturated heterocycles. The molecule has 20 unspecified atom stereocenters. The summed E-state index contributed by atoms with van der Waals surface area (Å²) in [5.41, 5.74) is -2.82. The van der Waals surface area contributed by atoms with E-state index in [0.717, 1.165) is 115 Å². The van der Waals surface area contributed by atoms with Gasteiger partial charge in [0.05, 0.1) is 46.9 Å². The first-order valence-corrected chi connectivity index (χ1v) is 46.7. The van der Waals surface area contributed by atoms with Crippen LogP contribution in [0.1, 0.15) is 229 Å². The number of ether oxygens (including phenoxy) is 10. The molecule has 20 atom stereocenters. The summed E-state index contributed by atoms with van der Waals surface area (Å²) in [6, 6.07) is 0. The summed E-state index contributed by atoms with van der Waals surface area (Å²) in [4.78, 5) is 127. The topological polar surface area (TPSA) is 344 Å². The van der Waals surface area contributed by atoms with Crippen molar-refractivity contribution < 1.29 is 179 Å². The first-order chi connectivity index (χ1) is 59.5. The number of halogens is 14. The van der Waals surface area contributed by atoms with Crippen LogP contribution in [0.3, 0.4) is 0 Å². The first kappa shape index (κ1) is 97.1. The Labute approximate surface area is 736 Å². The van der Waals surface area contributed by atoms with Crippen LogP contribution in [-0.2, 0) is 114 Å². The van der Waals surface area contributed by atoms with Gasteiger partial charge >= 0.3 is 89.2 Å². The van der Waals surface area contributed by atoms with Crippen molar-refractivity contribution >= 4 is 75.2 Å². The van der Waals surface area contributed by atoms with Crippen molar-refractivity contribution in [1.29, 1.82) is 0 Å². The number of Topliss-reactive ketones (excluding diaryl/α,β-unsaturated/α-hetero) is 3. The van der Waals surface area contributed by atoms with Crippen LogP contribution in [0.2, 0.25) is 0 Å². The average Bonchev–Trinajstić information content (AvgIpc) is 1.53. The molecule has 40 heteroatoms. The fourth-order valence-electron chi connectivity index (χ4n) is 28.3. The summed E-state index contributed by atoms with van der Waals surface area (Å²) in [5.74, 6) is -32.5. The van der Waals surface area contributed by atoms with Crippen LogP contribution in [0.15, 0.2) is 0 Å². The molecular formula is C89H114F14O25S. The monoisotopic (exact) mass is 1880 g/mol. The molecule has 3 heterocycles. The molecule has 0 amide bonds. The quantitative estimate of drug-likeness (QED) is 0.0543. The van der Waals surface area contributed by atoms with E-state index in [9.17, 15) is 128 Å². The standard InChI is InChI=1S/C23H28F2O6.C14H20F2O3.C14H20F2O2.C13H16F2O3.C11H12F2O4.C10H12F2O5S.C4H6F2O2/c1-22(11-4-9-3-10(6-11)7-12(22)5-9)31-20(27)16-14-8-13-15(16)19(26)29-17(13)18(14)30-21(28)23(2,24)25;1-12(15,16)11(17)7-19-14-5-9-2-10(6-14)4-13(18,3-9)8-14;1-13(15,16)12(17)8-18-14-5-9-2-10(6-14)4-11(3-9)7-14;1-12(14,15)11(17)18-13-4-7-2-8(5-13)10(16)9(3-7)6-13;1-11(12,13)10(15)17-7-4-2-5-6(3-4)9(14)16-8(5)7;1-10(11,12)9(13)16-7-4-2-5-6(3-4)18(14,15)17-8(5)7;1-4(5,6)3(7)8-2/h9-18H,3-8H2,1-2H3;9-10,18H,2-8H2,1H3;9-11H,2-8H2,1H3;7-9H,2-6H2,1H3;4-8H,2-3H2,1H3;4-8H,2-3H2,1H3;1-2H3. The van der Waals surface area contributed by atoms with Crippen LogP contribution in [0.4, 0.5) is 61.5 Å². The van der Waals surface area contributed by atoms with E-state index >= 15 is 0 Å². The lowest BCUT2D eigenvalue weighted by Crippen LogP contribution is -2.60. The van der Waals surface area contributed by atoms with Gasteiger partial charge in [-0.2, -0.15) is 69.9 Å². The van der Waals surface area contributed by atoms with Gasteiger partial charge in [-0.1, -0.05) is 0 Å². The molecule has 22 aliphatic carbocycles. The van der Waals surface area contributed by atoms with Crippen molar-refractivity contribution in [3.63, 3.8) is 0 Å². The maximum Gasteiger partial charge on any atom is 0.377 e. The molecule has 724 valence electrons. The molecule has 25 fully saturated rings. The number of hydrogen-bond donors (Lipinski definition) is 1. The van der Waals surface area contributed by atoms with Crippen molar-refractivity contribution in [2.24, 2.45) is 124 Å². The summed E-state index contributed by atoms with van der Waals surface area (Å²) in [6.07, 6.45) is 18.4. The molecule has 22 saturated carbocycles. The second-order valence-electron chi connectivity index (χ2n) is 42.8. The minimum absolute atomic E-state index is 0.00671. The maximum absolute atomic E-state index is 13.5. The van der Waals surface area contributed by atoms with Crippen molar-refractivity contribution in [2.45, 2.75) is 340 Å². The van der Waals surface area contributed by atoms with Gasteiger partial charge in [0, 0.05) is 102 Å². The molecular weight excluding hydrogens is 1770 g/mol. The number of alkyl halides is 14. The van der Waals surface area contributed by atoms with Crippen LogP contribution in [0.25, 0.3) is 0 Å². The van der Waals surface area contributed by atoms with E-state index in [1.807, 2.05) is 6.92 Å². The van der Waals surface area contributed by atoms with E-state index in [2.05, 4.69) is 4.74 Å². The lowest BCUT2D eigenvalue weighted by molar-refractivity contribution is -0.221. The van der Waals surface area contributed by atoms with E-state index < -0.39 is 200 Å². The van der Waals surface area contributed by atoms with Crippen LogP contribution < -0.4 is 0 Å². The lowest BCUT2D eigenvalue weighted by atomic mass is 9.50. The third kappa shape index (κ3) is 19.5. The Morgan fingerprint density at radius 3 is 1.29 bits per heavy atom. The van der Waals surface area contributed by atoms with Crippen LogP contribution in [-0.4, -0.2) is 210 Å². The lowest BCUT2D eigenvalue weighted by Gasteiger charge is -2.59. The van der Waals surface area contributed by atoms with Crippen LogP contribution in [0.5, 0.6) is 0 Å². The highest BCUT2D eigenvalue weighted by molar-refractivity contribution is 7.87. The zero-order chi connectivity index (χ0) is 94.3. The van der Waals surface area contributed by atoms with Gasteiger partial charge in [0.2, 0.25) is 11.6 Å². The van der Waals surface area contributed by atoms with Crippen LogP contribution in [0, 0.1) is 124 Å². The highest BCUT2D eigenvalue weighted by Crippen LogP contribution is 2.66. The van der Waals surface area contributed by atoms with Crippen molar-refractivity contribution in [2.75, 3.05) is 20.3 Å². The first-order valence-electron chi connectivity index (χ1n) is 45.2. The Balaban J connectivity index is 0.000000119.